The van der Waals surface area contributed by atoms with Gasteiger partial charge in [0, 0.05) is 16.1 Å². The van der Waals surface area contributed by atoms with Crippen LogP contribution in [-0.4, -0.2) is 13.4 Å². The van der Waals surface area contributed by atoms with Gasteiger partial charge in [0.2, 0.25) is 10.0 Å². The van der Waals surface area contributed by atoms with Crippen LogP contribution in [0, 0.1) is 0 Å². The van der Waals surface area contributed by atoms with Crippen molar-refractivity contribution in [2.45, 2.75) is 4.90 Å². The number of nitrogens with two attached hydrogens (primary N) is 1. The lowest BCUT2D eigenvalue weighted by Gasteiger charge is -2.03. The number of fused-ring (bicyclic) bond motifs is 1. The maximum absolute atomic E-state index is 11.3. The Kier molecular flexibility index (Phi) is 2.49. The molecule has 6 heteroatoms. The molecule has 0 aliphatic carbocycles. The number of para-hydroxylation sites is 1. The number of pyridine rings is 1. The van der Waals surface area contributed by atoms with E-state index in [1.165, 1.54) is 12.3 Å². The van der Waals surface area contributed by atoms with E-state index in [4.69, 9.17) is 5.14 Å². The number of hydrogen-bond acceptors (Lipinski definition) is 3. The van der Waals surface area contributed by atoms with Crippen LogP contribution in [0.4, 0.5) is 0 Å². The Balaban J connectivity index is 2.89. The molecule has 4 nitrogen and oxygen atoms in total. The van der Waals surface area contributed by atoms with E-state index in [0.717, 1.165) is 9.86 Å². The summed E-state index contributed by atoms with van der Waals surface area (Å²) < 4.78 is 23.3. The fourth-order valence-corrected chi connectivity index (χ4v) is 2.39. The molecule has 1 heterocycles. The topological polar surface area (TPSA) is 73.1 Å². The SMILES string of the molecule is NS(=O)(=O)c1cccc2cc(Br)cnc12. The zero-order valence-corrected chi connectivity index (χ0v) is 9.92. The van der Waals surface area contributed by atoms with Crippen molar-refractivity contribution in [3.8, 4) is 0 Å². The Labute approximate surface area is 95.3 Å². The van der Waals surface area contributed by atoms with Gasteiger partial charge in [0.15, 0.2) is 0 Å². The number of primary sulfonamides is 1. The predicted molar refractivity (Wildman–Crippen MR) is 60.8 cm³/mol. The molecule has 0 saturated heterocycles. The maximum atomic E-state index is 11.3. The minimum Gasteiger partial charge on any atom is -0.254 e. The molecular formula is C9H7BrN2O2S. The summed E-state index contributed by atoms with van der Waals surface area (Å²) in [7, 11) is -3.72. The van der Waals surface area contributed by atoms with E-state index in [1.54, 1.807) is 18.2 Å². The van der Waals surface area contributed by atoms with Crippen LogP contribution >= 0.6 is 15.9 Å². The van der Waals surface area contributed by atoms with Crippen LogP contribution in [0.3, 0.4) is 0 Å². The van der Waals surface area contributed by atoms with Gasteiger partial charge in [-0.2, -0.15) is 0 Å². The first kappa shape index (κ1) is 10.5. The van der Waals surface area contributed by atoms with Crippen LogP contribution in [0.1, 0.15) is 0 Å². The molecule has 0 aliphatic heterocycles. The first-order valence-electron chi connectivity index (χ1n) is 4.05. The largest absolute Gasteiger partial charge is 0.254 e. The maximum Gasteiger partial charge on any atom is 0.240 e. The summed E-state index contributed by atoms with van der Waals surface area (Å²) in [4.78, 5) is 4.09. The highest BCUT2D eigenvalue weighted by Gasteiger charge is 2.12. The summed E-state index contributed by atoms with van der Waals surface area (Å²) in [5.74, 6) is 0. The van der Waals surface area contributed by atoms with Crippen molar-refractivity contribution in [3.05, 3.63) is 34.9 Å². The summed E-state index contributed by atoms with van der Waals surface area (Å²) in [5.41, 5.74) is 0.392. The van der Waals surface area contributed by atoms with Crippen molar-refractivity contribution >= 4 is 36.9 Å². The molecule has 0 fully saturated rings. The van der Waals surface area contributed by atoms with E-state index in [1.807, 2.05) is 0 Å². The molecule has 0 radical (unpaired) electrons. The normalized spacial score (nSPS) is 11.9. The standard InChI is InChI=1S/C9H7BrN2O2S/c10-7-4-6-2-1-3-8(15(11,13)14)9(6)12-5-7/h1-5H,(H2,11,13,14). The molecule has 0 bridgehead atoms. The highest BCUT2D eigenvalue weighted by Crippen LogP contribution is 2.22. The van der Waals surface area contributed by atoms with Gasteiger partial charge in [-0.15, -0.1) is 0 Å². The second-order valence-electron chi connectivity index (χ2n) is 3.03. The van der Waals surface area contributed by atoms with E-state index in [9.17, 15) is 8.42 Å². The Hall–Kier alpha value is -0.980. The molecule has 0 spiro atoms. The monoisotopic (exact) mass is 286 g/mol. The third-order valence-electron chi connectivity index (χ3n) is 1.95. The van der Waals surface area contributed by atoms with Crippen LogP contribution in [0.2, 0.25) is 0 Å². The van der Waals surface area contributed by atoms with E-state index >= 15 is 0 Å². The van der Waals surface area contributed by atoms with Gasteiger partial charge in [-0.3, -0.25) is 4.98 Å². The minimum atomic E-state index is -3.72. The molecule has 0 unspecified atom stereocenters. The first-order valence-corrected chi connectivity index (χ1v) is 6.39. The summed E-state index contributed by atoms with van der Waals surface area (Å²) in [6, 6.07) is 6.65. The Bertz CT molecular complexity index is 625. The average molecular weight is 287 g/mol. The number of nitrogens with zero attached hydrogens (tertiary/aromatic N) is 1. The number of rotatable bonds is 1. The van der Waals surface area contributed by atoms with Crippen LogP contribution < -0.4 is 5.14 Å². The molecule has 2 rings (SSSR count). The molecule has 2 N–H and O–H groups in total. The Morgan fingerprint density at radius 3 is 2.73 bits per heavy atom. The van der Waals surface area contributed by atoms with Gasteiger partial charge in [-0.05, 0) is 28.1 Å². The van der Waals surface area contributed by atoms with Gasteiger partial charge in [0.1, 0.15) is 4.90 Å². The van der Waals surface area contributed by atoms with Crippen molar-refractivity contribution in [2.75, 3.05) is 0 Å². The fourth-order valence-electron chi connectivity index (χ4n) is 1.34. The zero-order chi connectivity index (χ0) is 11.1. The smallest absolute Gasteiger partial charge is 0.240 e. The Morgan fingerprint density at radius 2 is 2.07 bits per heavy atom. The highest BCUT2D eigenvalue weighted by atomic mass is 79.9. The third kappa shape index (κ3) is 2.01. The van der Waals surface area contributed by atoms with Crippen LogP contribution in [0.25, 0.3) is 10.9 Å². The summed E-state index contributed by atoms with van der Waals surface area (Å²) in [6.07, 6.45) is 1.54. The number of aromatic nitrogens is 1. The van der Waals surface area contributed by atoms with Gasteiger partial charge < -0.3 is 0 Å². The lowest BCUT2D eigenvalue weighted by Crippen LogP contribution is -2.12. The number of halogens is 1. The van der Waals surface area contributed by atoms with Gasteiger partial charge in [-0.1, -0.05) is 12.1 Å². The molecule has 78 valence electrons. The highest BCUT2D eigenvalue weighted by molar-refractivity contribution is 9.10. The van der Waals surface area contributed by atoms with Crippen LogP contribution in [-0.2, 0) is 10.0 Å². The first-order chi connectivity index (χ1) is 6.98. The summed E-state index contributed by atoms with van der Waals surface area (Å²) >= 11 is 3.26. The van der Waals surface area contributed by atoms with Crippen molar-refractivity contribution in [3.63, 3.8) is 0 Å². The molecule has 15 heavy (non-hydrogen) atoms. The number of sulfonamides is 1. The Morgan fingerprint density at radius 1 is 1.33 bits per heavy atom. The fraction of sp³-hybridized carbons (Fsp3) is 0. The van der Waals surface area contributed by atoms with E-state index < -0.39 is 10.0 Å². The molecule has 0 amide bonds. The molecule has 1 aromatic heterocycles. The second-order valence-corrected chi connectivity index (χ2v) is 5.47. The quantitative estimate of drug-likeness (QED) is 0.866. The van der Waals surface area contributed by atoms with Crippen LogP contribution in [0.5, 0.6) is 0 Å². The van der Waals surface area contributed by atoms with Crippen LogP contribution in [0.15, 0.2) is 39.8 Å². The van der Waals surface area contributed by atoms with E-state index in [2.05, 4.69) is 20.9 Å². The van der Waals surface area contributed by atoms with Crippen molar-refractivity contribution in [1.29, 1.82) is 0 Å². The van der Waals surface area contributed by atoms with Gasteiger partial charge >= 0.3 is 0 Å². The number of hydrogen-bond donors (Lipinski definition) is 1. The van der Waals surface area contributed by atoms with Crippen molar-refractivity contribution in [2.24, 2.45) is 5.14 Å². The average Bonchev–Trinajstić information content (AvgIpc) is 2.15. The molecule has 1 aromatic carbocycles. The molecule has 2 aromatic rings. The summed E-state index contributed by atoms with van der Waals surface area (Å²) in [5, 5.41) is 5.81. The third-order valence-corrected chi connectivity index (χ3v) is 3.32. The lowest BCUT2D eigenvalue weighted by atomic mass is 10.2. The van der Waals surface area contributed by atoms with Gasteiger partial charge in [-0.25, -0.2) is 13.6 Å². The lowest BCUT2D eigenvalue weighted by molar-refractivity contribution is 0.598. The summed E-state index contributed by atoms with van der Waals surface area (Å²) in [6.45, 7) is 0. The molecule has 0 aliphatic rings. The molecule has 0 saturated carbocycles. The zero-order valence-electron chi connectivity index (χ0n) is 7.51. The number of benzene rings is 1. The van der Waals surface area contributed by atoms with E-state index in [-0.39, 0.29) is 4.90 Å². The minimum absolute atomic E-state index is 0.0486. The second kappa shape index (κ2) is 3.55. The van der Waals surface area contributed by atoms with Gasteiger partial charge in [0.25, 0.3) is 0 Å². The van der Waals surface area contributed by atoms with E-state index in [0.29, 0.717) is 5.52 Å². The van der Waals surface area contributed by atoms with Crippen molar-refractivity contribution < 1.29 is 8.42 Å². The molecular weight excluding hydrogens is 280 g/mol. The van der Waals surface area contributed by atoms with Gasteiger partial charge in [0.05, 0.1) is 5.52 Å². The van der Waals surface area contributed by atoms with Crippen molar-refractivity contribution in [1.82, 2.24) is 4.98 Å². The molecule has 0 atom stereocenters. The predicted octanol–water partition coefficient (Wildman–Crippen LogP) is 1.64.